The molecule has 6 heteroatoms. The third-order valence-corrected chi connectivity index (χ3v) is 4.72. The number of amides is 1. The van der Waals surface area contributed by atoms with Crippen molar-refractivity contribution in [1.29, 1.82) is 0 Å². The van der Waals surface area contributed by atoms with Crippen molar-refractivity contribution in [2.24, 2.45) is 0 Å². The van der Waals surface area contributed by atoms with Crippen LogP contribution in [0.1, 0.15) is 18.9 Å². The van der Waals surface area contributed by atoms with Crippen molar-refractivity contribution in [3.05, 3.63) is 48.2 Å². The Labute approximate surface area is 138 Å². The number of thioether (sulfide) groups is 1. The highest BCUT2D eigenvalue weighted by Gasteiger charge is 2.20. The van der Waals surface area contributed by atoms with Gasteiger partial charge in [0.15, 0.2) is 10.8 Å². The summed E-state index contributed by atoms with van der Waals surface area (Å²) in [5.74, 6) is -0.0187. The number of H-pyrrole nitrogens is 1. The third kappa shape index (κ3) is 3.71. The average molecular weight is 326 g/mol. The Kier molecular flexibility index (Phi) is 4.62. The second-order valence-electron chi connectivity index (χ2n) is 5.29. The molecule has 3 aromatic rings. The van der Waals surface area contributed by atoms with E-state index in [9.17, 15) is 4.79 Å². The first kappa shape index (κ1) is 15.6. The minimum absolute atomic E-state index is 0.0187. The van der Waals surface area contributed by atoms with Crippen molar-refractivity contribution >= 4 is 34.5 Å². The number of imidazole rings is 1. The molecule has 0 bridgehead atoms. The number of carbonyl (C=O) groups excluding carboxylic acids is 1. The molecule has 0 radical (unpaired) electrons. The number of benzene rings is 1. The summed E-state index contributed by atoms with van der Waals surface area (Å²) in [7, 11) is 0. The minimum atomic E-state index is -0.211. The van der Waals surface area contributed by atoms with E-state index >= 15 is 0 Å². The summed E-state index contributed by atoms with van der Waals surface area (Å²) in [5.41, 5.74) is 3.53. The van der Waals surface area contributed by atoms with Crippen LogP contribution in [0.5, 0.6) is 0 Å². The molecular weight excluding hydrogens is 308 g/mol. The number of hydrogen-bond acceptors (Lipinski definition) is 4. The molecule has 1 aromatic carbocycles. The second-order valence-corrected chi connectivity index (χ2v) is 6.48. The molecule has 1 unspecified atom stereocenters. The lowest BCUT2D eigenvalue weighted by Crippen LogP contribution is -2.24. The van der Waals surface area contributed by atoms with Crippen LogP contribution in [-0.2, 0) is 4.79 Å². The van der Waals surface area contributed by atoms with E-state index in [4.69, 9.17) is 0 Å². The van der Waals surface area contributed by atoms with Gasteiger partial charge in [0.2, 0.25) is 5.91 Å². The van der Waals surface area contributed by atoms with E-state index in [0.717, 1.165) is 11.2 Å². The standard InChI is InChI=1S/C17H18N4OS/c1-3-14(16(22)19-12-8-6-11(2)7-9-12)23-17-20-13-5-4-10-18-15(13)21-17/h4-10,14H,3H2,1-2H3,(H,19,22)(H,18,20,21). The number of rotatable bonds is 5. The summed E-state index contributed by atoms with van der Waals surface area (Å²) in [4.78, 5) is 24.3. The van der Waals surface area contributed by atoms with Crippen molar-refractivity contribution in [2.75, 3.05) is 5.32 Å². The zero-order valence-corrected chi connectivity index (χ0v) is 13.9. The molecule has 2 aromatic heterocycles. The number of nitrogens with one attached hydrogen (secondary N) is 2. The van der Waals surface area contributed by atoms with Gasteiger partial charge in [-0.1, -0.05) is 36.4 Å². The van der Waals surface area contributed by atoms with Gasteiger partial charge in [0.1, 0.15) is 0 Å². The van der Waals surface area contributed by atoms with Crippen LogP contribution >= 0.6 is 11.8 Å². The molecule has 1 amide bonds. The Bertz CT molecular complexity index is 780. The van der Waals surface area contributed by atoms with Crippen LogP contribution in [0, 0.1) is 6.92 Å². The predicted molar refractivity (Wildman–Crippen MR) is 93.6 cm³/mol. The van der Waals surface area contributed by atoms with Gasteiger partial charge in [-0.3, -0.25) is 4.79 Å². The van der Waals surface area contributed by atoms with Crippen molar-refractivity contribution < 1.29 is 4.79 Å². The van der Waals surface area contributed by atoms with Crippen LogP contribution in [0.3, 0.4) is 0 Å². The van der Waals surface area contributed by atoms with Gasteiger partial charge < -0.3 is 10.3 Å². The van der Waals surface area contributed by atoms with Gasteiger partial charge in [-0.25, -0.2) is 9.97 Å². The summed E-state index contributed by atoms with van der Waals surface area (Å²) < 4.78 is 0. The van der Waals surface area contributed by atoms with Crippen LogP contribution in [0.4, 0.5) is 5.69 Å². The number of aryl methyl sites for hydroxylation is 1. The fraction of sp³-hybridized carbons (Fsp3) is 0.235. The quantitative estimate of drug-likeness (QED) is 0.700. The average Bonchev–Trinajstić information content (AvgIpc) is 2.97. The number of aromatic nitrogens is 3. The van der Waals surface area contributed by atoms with Gasteiger partial charge in [-0.2, -0.15) is 0 Å². The van der Waals surface area contributed by atoms with Crippen LogP contribution < -0.4 is 5.32 Å². The molecule has 0 saturated heterocycles. The number of carbonyl (C=O) groups is 1. The van der Waals surface area contributed by atoms with Crippen molar-refractivity contribution in [3.63, 3.8) is 0 Å². The maximum Gasteiger partial charge on any atom is 0.237 e. The molecule has 0 aliphatic rings. The molecule has 2 heterocycles. The maximum absolute atomic E-state index is 12.5. The van der Waals surface area contributed by atoms with Crippen LogP contribution in [0.15, 0.2) is 47.8 Å². The number of hydrogen-bond donors (Lipinski definition) is 2. The van der Waals surface area contributed by atoms with E-state index in [1.54, 1.807) is 6.20 Å². The lowest BCUT2D eigenvalue weighted by atomic mass is 10.2. The molecule has 23 heavy (non-hydrogen) atoms. The molecule has 118 valence electrons. The first-order valence-electron chi connectivity index (χ1n) is 7.50. The summed E-state index contributed by atoms with van der Waals surface area (Å²) in [6.45, 7) is 4.01. The molecule has 0 fully saturated rings. The Morgan fingerprint density at radius 3 is 2.78 bits per heavy atom. The number of fused-ring (bicyclic) bond motifs is 1. The Morgan fingerprint density at radius 2 is 2.09 bits per heavy atom. The van der Waals surface area contributed by atoms with Gasteiger partial charge in [-0.05, 0) is 37.6 Å². The Hall–Kier alpha value is -2.34. The third-order valence-electron chi connectivity index (χ3n) is 3.47. The summed E-state index contributed by atoms with van der Waals surface area (Å²) in [6, 6.07) is 11.6. The monoisotopic (exact) mass is 326 g/mol. The predicted octanol–water partition coefficient (Wildman–Crippen LogP) is 3.78. The molecule has 0 aliphatic heterocycles. The molecular formula is C17H18N4OS. The first-order valence-corrected chi connectivity index (χ1v) is 8.38. The molecule has 0 saturated carbocycles. The van der Waals surface area contributed by atoms with Gasteiger partial charge in [0.05, 0.1) is 10.8 Å². The molecule has 0 spiro atoms. The SMILES string of the molecule is CCC(Sc1nc2ncccc2[nH]1)C(=O)Nc1ccc(C)cc1. The van der Waals surface area contributed by atoms with Crippen molar-refractivity contribution in [1.82, 2.24) is 15.0 Å². The van der Waals surface area contributed by atoms with Crippen molar-refractivity contribution in [3.8, 4) is 0 Å². The molecule has 0 aliphatic carbocycles. The summed E-state index contributed by atoms with van der Waals surface area (Å²) in [5, 5.41) is 3.46. The Balaban J connectivity index is 1.71. The largest absolute Gasteiger partial charge is 0.332 e. The normalized spacial score (nSPS) is 12.3. The Morgan fingerprint density at radius 1 is 1.30 bits per heavy atom. The number of anilines is 1. The second kappa shape index (κ2) is 6.83. The molecule has 2 N–H and O–H groups in total. The highest BCUT2D eigenvalue weighted by atomic mass is 32.2. The lowest BCUT2D eigenvalue weighted by molar-refractivity contribution is -0.115. The maximum atomic E-state index is 12.5. The van der Waals surface area contributed by atoms with E-state index < -0.39 is 0 Å². The highest BCUT2D eigenvalue weighted by Crippen LogP contribution is 2.25. The number of nitrogens with zero attached hydrogens (tertiary/aromatic N) is 2. The zero-order valence-electron chi connectivity index (χ0n) is 13.0. The van der Waals surface area contributed by atoms with E-state index in [0.29, 0.717) is 17.2 Å². The smallest absolute Gasteiger partial charge is 0.237 e. The van der Waals surface area contributed by atoms with Crippen LogP contribution in [0.25, 0.3) is 11.2 Å². The van der Waals surface area contributed by atoms with Gasteiger partial charge in [-0.15, -0.1) is 0 Å². The number of aromatic amines is 1. The zero-order chi connectivity index (χ0) is 16.2. The molecule has 5 nitrogen and oxygen atoms in total. The van der Waals surface area contributed by atoms with Crippen LogP contribution in [0.2, 0.25) is 0 Å². The molecule has 3 rings (SSSR count). The fourth-order valence-corrected chi connectivity index (χ4v) is 3.11. The van der Waals surface area contributed by atoms with E-state index in [-0.39, 0.29) is 11.2 Å². The summed E-state index contributed by atoms with van der Waals surface area (Å²) >= 11 is 1.43. The molecule has 1 atom stereocenters. The van der Waals surface area contributed by atoms with E-state index in [2.05, 4.69) is 20.3 Å². The van der Waals surface area contributed by atoms with E-state index in [1.165, 1.54) is 17.3 Å². The van der Waals surface area contributed by atoms with Crippen LogP contribution in [-0.4, -0.2) is 26.1 Å². The number of pyridine rings is 1. The van der Waals surface area contributed by atoms with Gasteiger partial charge in [0, 0.05) is 11.9 Å². The topological polar surface area (TPSA) is 70.7 Å². The summed E-state index contributed by atoms with van der Waals surface area (Å²) in [6.07, 6.45) is 2.42. The minimum Gasteiger partial charge on any atom is -0.332 e. The fourth-order valence-electron chi connectivity index (χ4n) is 2.20. The lowest BCUT2D eigenvalue weighted by Gasteiger charge is -2.13. The van der Waals surface area contributed by atoms with Crippen molar-refractivity contribution in [2.45, 2.75) is 30.7 Å². The van der Waals surface area contributed by atoms with Gasteiger partial charge >= 0.3 is 0 Å². The van der Waals surface area contributed by atoms with E-state index in [1.807, 2.05) is 50.2 Å². The van der Waals surface area contributed by atoms with Gasteiger partial charge in [0.25, 0.3) is 0 Å². The highest BCUT2D eigenvalue weighted by molar-refractivity contribution is 8.00. The first-order chi connectivity index (χ1) is 11.2.